The predicted molar refractivity (Wildman–Crippen MR) is 110 cm³/mol. The molecule has 30 heavy (non-hydrogen) atoms. The molecule has 0 aliphatic carbocycles. The molecule has 1 aliphatic rings. The number of nitrogens with zero attached hydrogens (tertiary/aromatic N) is 1. The number of anilines is 1. The lowest BCUT2D eigenvalue weighted by molar-refractivity contribution is -0.131. The van der Waals surface area contributed by atoms with E-state index < -0.39 is 35.4 Å². The van der Waals surface area contributed by atoms with Crippen LogP contribution in [0.4, 0.5) is 14.9 Å². The van der Waals surface area contributed by atoms with Gasteiger partial charge in [-0.3, -0.25) is 24.1 Å². The third-order valence-corrected chi connectivity index (χ3v) is 5.02. The van der Waals surface area contributed by atoms with Crippen molar-refractivity contribution >= 4 is 58.1 Å². The summed E-state index contributed by atoms with van der Waals surface area (Å²) < 4.78 is 18.1. The standard InChI is InChI=1S/C20H14ClFN2O5S/c1-11(25)29-14-5-2-12(3-6-14)8-17-19(27)24(20(28)30-17)10-18(26)23-13-4-7-16(22)15(21)9-13/h2-9H,10H2,1H3,(H,23,26)/b17-8+. The number of imide groups is 1. The Morgan fingerprint density at radius 1 is 1.20 bits per heavy atom. The Labute approximate surface area is 179 Å². The van der Waals surface area contributed by atoms with Gasteiger partial charge >= 0.3 is 5.97 Å². The number of ether oxygens (including phenoxy) is 1. The molecule has 7 nitrogen and oxygen atoms in total. The largest absolute Gasteiger partial charge is 0.427 e. The summed E-state index contributed by atoms with van der Waals surface area (Å²) in [5.74, 6) is -1.98. The summed E-state index contributed by atoms with van der Waals surface area (Å²) in [4.78, 5) is 48.8. The second-order valence-electron chi connectivity index (χ2n) is 6.11. The van der Waals surface area contributed by atoms with Crippen molar-refractivity contribution in [3.05, 3.63) is 63.8 Å². The number of hydrogen-bond acceptors (Lipinski definition) is 6. The van der Waals surface area contributed by atoms with Crippen LogP contribution in [0.2, 0.25) is 5.02 Å². The van der Waals surface area contributed by atoms with E-state index in [2.05, 4.69) is 5.32 Å². The van der Waals surface area contributed by atoms with Crippen molar-refractivity contribution in [2.75, 3.05) is 11.9 Å². The smallest absolute Gasteiger partial charge is 0.308 e. The molecule has 1 heterocycles. The third-order valence-electron chi connectivity index (χ3n) is 3.82. The maximum atomic E-state index is 13.2. The summed E-state index contributed by atoms with van der Waals surface area (Å²) in [6, 6.07) is 9.98. The zero-order chi connectivity index (χ0) is 21.8. The first kappa shape index (κ1) is 21.5. The lowest BCUT2D eigenvalue weighted by atomic mass is 10.2. The summed E-state index contributed by atoms with van der Waals surface area (Å²) >= 11 is 6.37. The van der Waals surface area contributed by atoms with E-state index in [1.165, 1.54) is 25.1 Å². The van der Waals surface area contributed by atoms with Crippen molar-refractivity contribution in [2.45, 2.75) is 6.92 Å². The van der Waals surface area contributed by atoms with Crippen molar-refractivity contribution in [1.29, 1.82) is 0 Å². The normalized spacial score (nSPS) is 14.9. The summed E-state index contributed by atoms with van der Waals surface area (Å²) in [5, 5.41) is 1.70. The molecule has 1 fully saturated rings. The SMILES string of the molecule is CC(=O)Oc1ccc(/C=C2/SC(=O)N(CC(=O)Nc3ccc(F)c(Cl)c3)C2=O)cc1. The molecule has 154 valence electrons. The minimum Gasteiger partial charge on any atom is -0.427 e. The number of carbonyl (C=O) groups excluding carboxylic acids is 4. The molecule has 0 saturated carbocycles. The number of amides is 3. The van der Waals surface area contributed by atoms with E-state index in [-0.39, 0.29) is 15.6 Å². The Morgan fingerprint density at radius 2 is 1.90 bits per heavy atom. The highest BCUT2D eigenvalue weighted by atomic mass is 35.5. The van der Waals surface area contributed by atoms with Crippen LogP contribution in [0.3, 0.4) is 0 Å². The molecule has 0 unspecified atom stereocenters. The van der Waals surface area contributed by atoms with Crippen LogP contribution in [-0.4, -0.2) is 34.5 Å². The molecular formula is C20H14ClFN2O5S. The molecular weight excluding hydrogens is 435 g/mol. The number of benzene rings is 2. The number of hydrogen-bond donors (Lipinski definition) is 1. The Balaban J connectivity index is 1.66. The topological polar surface area (TPSA) is 92.8 Å². The molecule has 3 amide bonds. The first-order valence-electron chi connectivity index (χ1n) is 8.51. The molecule has 0 aromatic heterocycles. The first-order valence-corrected chi connectivity index (χ1v) is 9.71. The molecule has 0 radical (unpaired) electrons. The fourth-order valence-electron chi connectivity index (χ4n) is 2.50. The first-order chi connectivity index (χ1) is 14.2. The zero-order valence-electron chi connectivity index (χ0n) is 15.5. The van der Waals surface area contributed by atoms with Gasteiger partial charge in [-0.15, -0.1) is 0 Å². The van der Waals surface area contributed by atoms with Crippen LogP contribution in [0.15, 0.2) is 47.4 Å². The molecule has 1 aliphatic heterocycles. The lowest BCUT2D eigenvalue weighted by Gasteiger charge is -2.12. The fraction of sp³-hybridized carbons (Fsp3) is 0.100. The third kappa shape index (κ3) is 5.25. The van der Waals surface area contributed by atoms with Gasteiger partial charge in [0.25, 0.3) is 11.1 Å². The van der Waals surface area contributed by atoms with E-state index in [9.17, 15) is 23.6 Å². The second kappa shape index (κ2) is 9.10. The van der Waals surface area contributed by atoms with Crippen LogP contribution >= 0.6 is 23.4 Å². The van der Waals surface area contributed by atoms with Gasteiger partial charge in [-0.25, -0.2) is 4.39 Å². The lowest BCUT2D eigenvalue weighted by Crippen LogP contribution is -2.36. The Hall–Kier alpha value is -3.17. The molecule has 2 aromatic carbocycles. The molecule has 2 aromatic rings. The molecule has 3 rings (SSSR count). The van der Waals surface area contributed by atoms with Gasteiger partial charge in [0.1, 0.15) is 18.1 Å². The van der Waals surface area contributed by atoms with Crippen molar-refractivity contribution in [3.8, 4) is 5.75 Å². The molecule has 0 atom stereocenters. The molecule has 0 spiro atoms. The maximum Gasteiger partial charge on any atom is 0.308 e. The fourth-order valence-corrected chi connectivity index (χ4v) is 3.52. The van der Waals surface area contributed by atoms with E-state index in [1.807, 2.05) is 0 Å². The summed E-state index contributed by atoms with van der Waals surface area (Å²) in [6.07, 6.45) is 1.50. The molecule has 1 N–H and O–H groups in total. The number of esters is 1. The van der Waals surface area contributed by atoms with Gasteiger partial charge in [0.05, 0.1) is 9.93 Å². The van der Waals surface area contributed by atoms with Gasteiger partial charge in [0.2, 0.25) is 5.91 Å². The Bertz CT molecular complexity index is 1070. The number of rotatable bonds is 5. The van der Waals surface area contributed by atoms with Crippen molar-refractivity contribution < 1.29 is 28.3 Å². The second-order valence-corrected chi connectivity index (χ2v) is 7.51. The molecule has 1 saturated heterocycles. The maximum absolute atomic E-state index is 13.2. The van der Waals surface area contributed by atoms with E-state index in [0.29, 0.717) is 23.1 Å². The van der Waals surface area contributed by atoms with E-state index >= 15 is 0 Å². The average Bonchev–Trinajstić information content (AvgIpc) is 2.93. The highest BCUT2D eigenvalue weighted by Gasteiger charge is 2.36. The van der Waals surface area contributed by atoms with Crippen LogP contribution in [-0.2, 0) is 14.4 Å². The minimum absolute atomic E-state index is 0.151. The van der Waals surface area contributed by atoms with Gasteiger partial charge < -0.3 is 10.1 Å². The number of nitrogens with one attached hydrogen (secondary N) is 1. The Kier molecular flexibility index (Phi) is 6.53. The molecule has 0 bridgehead atoms. The minimum atomic E-state index is -0.633. The van der Waals surface area contributed by atoms with Crippen LogP contribution in [0.1, 0.15) is 12.5 Å². The van der Waals surface area contributed by atoms with E-state index in [1.54, 1.807) is 24.3 Å². The van der Waals surface area contributed by atoms with E-state index in [4.69, 9.17) is 16.3 Å². The van der Waals surface area contributed by atoms with Crippen molar-refractivity contribution in [3.63, 3.8) is 0 Å². The van der Waals surface area contributed by atoms with Gasteiger partial charge in [-0.2, -0.15) is 0 Å². The highest BCUT2D eigenvalue weighted by molar-refractivity contribution is 8.18. The van der Waals surface area contributed by atoms with Crippen LogP contribution < -0.4 is 10.1 Å². The zero-order valence-corrected chi connectivity index (χ0v) is 17.1. The van der Waals surface area contributed by atoms with Gasteiger partial charge in [-0.1, -0.05) is 23.7 Å². The van der Waals surface area contributed by atoms with Crippen LogP contribution in [0, 0.1) is 5.82 Å². The number of carbonyl (C=O) groups is 4. The highest BCUT2D eigenvalue weighted by Crippen LogP contribution is 2.32. The van der Waals surface area contributed by atoms with Crippen molar-refractivity contribution in [2.24, 2.45) is 0 Å². The Morgan fingerprint density at radius 3 is 2.53 bits per heavy atom. The van der Waals surface area contributed by atoms with Crippen molar-refractivity contribution in [1.82, 2.24) is 4.90 Å². The van der Waals surface area contributed by atoms with Gasteiger partial charge in [0, 0.05) is 12.6 Å². The van der Waals surface area contributed by atoms with Crippen LogP contribution in [0.5, 0.6) is 5.75 Å². The van der Waals surface area contributed by atoms with Crippen LogP contribution in [0.25, 0.3) is 6.08 Å². The van der Waals surface area contributed by atoms with E-state index in [0.717, 1.165) is 11.0 Å². The number of halogens is 2. The summed E-state index contributed by atoms with van der Waals surface area (Å²) in [7, 11) is 0. The average molecular weight is 449 g/mol. The molecule has 10 heteroatoms. The number of thioether (sulfide) groups is 1. The van der Waals surface area contributed by atoms with Gasteiger partial charge in [-0.05, 0) is 53.7 Å². The monoisotopic (exact) mass is 448 g/mol. The predicted octanol–water partition coefficient (Wildman–Crippen LogP) is 4.08. The summed E-state index contributed by atoms with van der Waals surface area (Å²) in [6.45, 7) is 0.785. The summed E-state index contributed by atoms with van der Waals surface area (Å²) in [5.41, 5.74) is 0.851. The quantitative estimate of drug-likeness (QED) is 0.421. The van der Waals surface area contributed by atoms with Gasteiger partial charge in [0.15, 0.2) is 0 Å².